The Labute approximate surface area is 267 Å². The summed E-state index contributed by atoms with van der Waals surface area (Å²) in [5.41, 5.74) is 5.66. The second-order valence-electron chi connectivity index (χ2n) is 13.2. The van der Waals surface area contributed by atoms with Crippen LogP contribution in [-0.4, -0.2) is 48.5 Å². The van der Waals surface area contributed by atoms with E-state index >= 15 is 0 Å². The number of carbonyl (C=O) groups is 1. The number of fused-ring (bicyclic) bond motifs is 3. The molecule has 45 heavy (non-hydrogen) atoms. The molecule has 0 spiro atoms. The molecule has 1 aliphatic carbocycles. The van der Waals surface area contributed by atoms with Gasteiger partial charge in [-0.15, -0.1) is 0 Å². The quantitative estimate of drug-likeness (QED) is 0.203. The maximum absolute atomic E-state index is 13.2. The highest BCUT2D eigenvalue weighted by Crippen LogP contribution is 2.52. The number of hydrogen-bond acceptors (Lipinski definition) is 7. The monoisotopic (exact) mass is 614 g/mol. The Balaban J connectivity index is 1.07. The smallest absolute Gasteiger partial charge is 0.265 e. The minimum atomic E-state index is -0.241. The fourth-order valence-electron chi connectivity index (χ4n) is 7.21. The molecule has 0 radical (unpaired) electrons. The fourth-order valence-corrected chi connectivity index (χ4v) is 7.52. The lowest BCUT2D eigenvalue weighted by molar-refractivity contribution is 0.102. The number of nitrogens with one attached hydrogen (secondary N) is 1. The first-order valence-corrected chi connectivity index (χ1v) is 15.6. The molecule has 2 aromatic carbocycles. The molecule has 1 N–H and O–H groups in total. The van der Waals surface area contributed by atoms with Crippen molar-refractivity contribution in [3.05, 3.63) is 96.8 Å². The molecular weight excluding hydrogens is 581 g/mol. The highest BCUT2D eigenvalue weighted by atomic mass is 32.1. The van der Waals surface area contributed by atoms with Crippen molar-refractivity contribution in [3.63, 3.8) is 0 Å². The van der Waals surface area contributed by atoms with Gasteiger partial charge in [0.05, 0.1) is 22.4 Å². The van der Waals surface area contributed by atoms with E-state index < -0.39 is 0 Å². The maximum atomic E-state index is 13.2. The molecule has 1 amide bonds. The number of hydrogen-bond donors (Lipinski definition) is 1. The summed E-state index contributed by atoms with van der Waals surface area (Å²) >= 11 is 5.74. The number of nitrogens with zero attached hydrogens (tertiary/aromatic N) is 5. The molecule has 7 rings (SSSR count). The SMILES string of the molecule is CC1(C)C[C@H]2C[C@@](C)(CN2C(=S)Oc2ccc(C(=O)Nc3ccc4nc(-c5ccccn5)c(-c5ccccn5)nc4c3)cc2)C1. The van der Waals surface area contributed by atoms with Crippen LogP contribution in [-0.2, 0) is 0 Å². The number of likely N-dealkylation sites (tertiary alicyclic amines) is 1. The number of pyridine rings is 2. The van der Waals surface area contributed by atoms with Gasteiger partial charge in [0.25, 0.3) is 11.1 Å². The molecule has 9 heteroatoms. The second kappa shape index (κ2) is 11.3. The minimum Gasteiger partial charge on any atom is -0.432 e. The molecule has 1 aliphatic heterocycles. The Hall–Kier alpha value is -4.76. The zero-order chi connectivity index (χ0) is 31.2. The van der Waals surface area contributed by atoms with Crippen LogP contribution in [0, 0.1) is 10.8 Å². The number of rotatable bonds is 5. The largest absolute Gasteiger partial charge is 0.432 e. The van der Waals surface area contributed by atoms with Crippen molar-refractivity contribution in [2.75, 3.05) is 11.9 Å². The Morgan fingerprint density at radius 3 is 2.18 bits per heavy atom. The van der Waals surface area contributed by atoms with E-state index in [0.717, 1.165) is 19.4 Å². The first kappa shape index (κ1) is 29.0. The normalized spacial score (nSPS) is 20.2. The van der Waals surface area contributed by atoms with Crippen LogP contribution < -0.4 is 10.1 Å². The Morgan fingerprint density at radius 2 is 1.53 bits per heavy atom. The molecule has 2 aliphatic rings. The van der Waals surface area contributed by atoms with Crippen LogP contribution in [0.3, 0.4) is 0 Å². The number of aromatic nitrogens is 4. The van der Waals surface area contributed by atoms with E-state index in [2.05, 4.69) is 41.0 Å². The summed E-state index contributed by atoms with van der Waals surface area (Å²) in [7, 11) is 0. The molecule has 4 heterocycles. The summed E-state index contributed by atoms with van der Waals surface area (Å²) in [4.78, 5) is 34.3. The maximum Gasteiger partial charge on any atom is 0.265 e. The third kappa shape index (κ3) is 6.00. The average molecular weight is 615 g/mol. The molecule has 0 unspecified atom stereocenters. The Bertz CT molecular complexity index is 1900. The number of carbonyl (C=O) groups excluding carboxylic acids is 1. The zero-order valence-electron chi connectivity index (χ0n) is 25.5. The van der Waals surface area contributed by atoms with Gasteiger partial charge >= 0.3 is 0 Å². The molecule has 2 fully saturated rings. The molecule has 2 atom stereocenters. The summed E-state index contributed by atoms with van der Waals surface area (Å²) in [5, 5.41) is 3.50. The fraction of sp³-hybridized carbons (Fsp3) is 0.278. The van der Waals surface area contributed by atoms with E-state index in [-0.39, 0.29) is 11.3 Å². The van der Waals surface area contributed by atoms with Crippen LogP contribution in [0.4, 0.5) is 5.69 Å². The predicted molar refractivity (Wildman–Crippen MR) is 180 cm³/mol. The Morgan fingerprint density at radius 1 is 0.867 bits per heavy atom. The topological polar surface area (TPSA) is 93.1 Å². The van der Waals surface area contributed by atoms with Gasteiger partial charge in [-0.05, 0) is 109 Å². The molecular formula is C36H34N6O2S. The summed E-state index contributed by atoms with van der Waals surface area (Å²) in [6, 6.07) is 24.3. The highest BCUT2D eigenvalue weighted by molar-refractivity contribution is 7.80. The second-order valence-corrected chi connectivity index (χ2v) is 13.6. The van der Waals surface area contributed by atoms with Crippen molar-refractivity contribution in [2.45, 2.75) is 46.1 Å². The van der Waals surface area contributed by atoms with Gasteiger partial charge in [0.1, 0.15) is 17.1 Å². The van der Waals surface area contributed by atoms with E-state index in [1.54, 1.807) is 36.7 Å². The number of thiocarbonyl (C=S) groups is 1. The van der Waals surface area contributed by atoms with E-state index in [1.165, 1.54) is 6.42 Å². The van der Waals surface area contributed by atoms with Gasteiger partial charge in [-0.2, -0.15) is 0 Å². The van der Waals surface area contributed by atoms with Crippen LogP contribution in [0.5, 0.6) is 5.75 Å². The van der Waals surface area contributed by atoms with Gasteiger partial charge < -0.3 is 15.0 Å². The van der Waals surface area contributed by atoms with Crippen LogP contribution in [0.1, 0.15) is 50.4 Å². The van der Waals surface area contributed by atoms with Crippen molar-refractivity contribution in [2.24, 2.45) is 10.8 Å². The van der Waals surface area contributed by atoms with Crippen molar-refractivity contribution in [3.8, 4) is 28.5 Å². The standard InChI is InChI=1S/C36H34N6O2S/c1-35(2)19-25-20-36(3,21-35)22-42(25)34(45)44-26-13-10-23(11-14-26)33(43)39-24-12-15-27-30(18-24)41-32(29-9-5-7-17-38-29)31(40-27)28-8-4-6-16-37-28/h4-18,25H,19-22H2,1-3H3,(H,39,43)/t25-,36+/m0/s1. The summed E-state index contributed by atoms with van der Waals surface area (Å²) < 4.78 is 6.11. The third-order valence-corrected chi connectivity index (χ3v) is 9.03. The van der Waals surface area contributed by atoms with Crippen molar-refractivity contribution in [1.29, 1.82) is 0 Å². The average Bonchev–Trinajstić information content (AvgIpc) is 3.30. The van der Waals surface area contributed by atoms with Crippen LogP contribution in [0.25, 0.3) is 33.8 Å². The van der Waals surface area contributed by atoms with Gasteiger partial charge in [0.15, 0.2) is 0 Å². The van der Waals surface area contributed by atoms with Gasteiger partial charge in [-0.25, -0.2) is 9.97 Å². The number of benzene rings is 2. The van der Waals surface area contributed by atoms with Gasteiger partial charge in [0, 0.05) is 36.2 Å². The van der Waals surface area contributed by atoms with Crippen molar-refractivity contribution < 1.29 is 9.53 Å². The Kier molecular flexibility index (Phi) is 7.28. The first-order chi connectivity index (χ1) is 21.6. The van der Waals surface area contributed by atoms with Crippen molar-refractivity contribution in [1.82, 2.24) is 24.8 Å². The zero-order valence-corrected chi connectivity index (χ0v) is 26.3. The minimum absolute atomic E-state index is 0.241. The summed E-state index contributed by atoms with van der Waals surface area (Å²) in [6.45, 7) is 7.97. The first-order valence-electron chi connectivity index (χ1n) is 15.2. The molecule has 1 saturated heterocycles. The van der Waals surface area contributed by atoms with E-state index in [1.807, 2.05) is 54.6 Å². The van der Waals surface area contributed by atoms with Gasteiger partial charge in [-0.1, -0.05) is 32.9 Å². The number of ether oxygens (including phenoxy) is 1. The van der Waals surface area contributed by atoms with Crippen molar-refractivity contribution >= 4 is 40.0 Å². The van der Waals surface area contributed by atoms with Crippen LogP contribution >= 0.6 is 12.2 Å². The third-order valence-electron chi connectivity index (χ3n) is 8.71. The lowest BCUT2D eigenvalue weighted by Gasteiger charge is -2.39. The van der Waals surface area contributed by atoms with Crippen LogP contribution in [0.15, 0.2) is 91.3 Å². The molecule has 226 valence electrons. The summed E-state index contributed by atoms with van der Waals surface area (Å²) in [6.07, 6.45) is 6.91. The van der Waals surface area contributed by atoms with Gasteiger partial charge in [-0.3, -0.25) is 14.8 Å². The molecule has 1 saturated carbocycles. The lowest BCUT2D eigenvalue weighted by Crippen LogP contribution is -2.39. The highest BCUT2D eigenvalue weighted by Gasteiger charge is 2.50. The van der Waals surface area contributed by atoms with Crippen LogP contribution in [0.2, 0.25) is 0 Å². The van der Waals surface area contributed by atoms with E-state index in [9.17, 15) is 4.79 Å². The number of amides is 1. The van der Waals surface area contributed by atoms with E-state index in [4.69, 9.17) is 26.9 Å². The lowest BCUT2D eigenvalue weighted by atomic mass is 9.65. The molecule has 2 bridgehead atoms. The summed E-state index contributed by atoms with van der Waals surface area (Å²) in [5.74, 6) is 0.379. The van der Waals surface area contributed by atoms with Gasteiger partial charge in [0.2, 0.25) is 0 Å². The van der Waals surface area contributed by atoms with E-state index in [0.29, 0.717) is 67.4 Å². The predicted octanol–water partition coefficient (Wildman–Crippen LogP) is 7.57. The molecule has 5 aromatic rings. The molecule has 8 nitrogen and oxygen atoms in total. The molecule has 3 aromatic heterocycles. The number of anilines is 1.